The predicted octanol–water partition coefficient (Wildman–Crippen LogP) is 2.35. The van der Waals surface area contributed by atoms with Crippen molar-refractivity contribution in [3.63, 3.8) is 0 Å². The fourth-order valence-corrected chi connectivity index (χ4v) is 1.40. The van der Waals surface area contributed by atoms with Gasteiger partial charge >= 0.3 is 0 Å². The Morgan fingerprint density at radius 3 is 2.59 bits per heavy atom. The van der Waals surface area contributed by atoms with Crippen molar-refractivity contribution >= 4 is 0 Å². The maximum absolute atomic E-state index is 9.13. The molecule has 2 rings (SSSR count). The topological polar surface area (TPSA) is 42.4 Å². The Morgan fingerprint density at radius 1 is 1.18 bits per heavy atom. The summed E-state index contributed by atoms with van der Waals surface area (Å²) in [6, 6.07) is 12.7. The van der Waals surface area contributed by atoms with Gasteiger partial charge in [0, 0.05) is 11.6 Å². The number of benzene rings is 1. The third-order valence-corrected chi connectivity index (χ3v) is 2.22. The molecule has 1 aromatic heterocycles. The van der Waals surface area contributed by atoms with Crippen molar-refractivity contribution in [3.05, 3.63) is 53.7 Å². The van der Waals surface area contributed by atoms with E-state index in [0.717, 1.165) is 0 Å². The van der Waals surface area contributed by atoms with Gasteiger partial charge in [0.1, 0.15) is 5.75 Å². The van der Waals surface area contributed by atoms with Gasteiger partial charge in [-0.25, -0.2) is 4.98 Å². The summed E-state index contributed by atoms with van der Waals surface area (Å²) in [6.07, 6.45) is 5.29. The molecule has 84 valence electrons. The number of aliphatic hydroxyl groups is 1. The van der Waals surface area contributed by atoms with Gasteiger partial charge in [-0.2, -0.15) is 0 Å². The van der Waals surface area contributed by atoms with Crippen molar-refractivity contribution in [1.29, 1.82) is 0 Å². The monoisotopic (exact) mass is 225 g/mol. The van der Waals surface area contributed by atoms with E-state index in [2.05, 4.69) is 10.9 Å². The summed E-state index contributed by atoms with van der Waals surface area (Å²) in [5.74, 6) is 3.57. The van der Waals surface area contributed by atoms with E-state index in [0.29, 0.717) is 22.9 Å². The Bertz CT molecular complexity index is 544. The molecule has 0 aliphatic heterocycles. The maximum atomic E-state index is 9.13. The first kappa shape index (κ1) is 11.2. The Labute approximate surface area is 99.7 Å². The maximum Gasteiger partial charge on any atom is 0.219 e. The van der Waals surface area contributed by atoms with Gasteiger partial charge in [0.15, 0.2) is 0 Å². The highest BCUT2D eigenvalue weighted by Gasteiger charge is 2.04. The van der Waals surface area contributed by atoms with E-state index in [1.807, 2.05) is 30.3 Å². The smallest absolute Gasteiger partial charge is 0.219 e. The summed E-state index contributed by atoms with van der Waals surface area (Å²) in [5.41, 5.74) is 1.02. The fourth-order valence-electron chi connectivity index (χ4n) is 1.40. The van der Waals surface area contributed by atoms with Crippen molar-refractivity contribution in [2.45, 2.75) is 6.61 Å². The lowest BCUT2D eigenvalue weighted by Gasteiger charge is -2.06. The first-order valence-electron chi connectivity index (χ1n) is 5.14. The highest BCUT2D eigenvalue weighted by Crippen LogP contribution is 2.20. The van der Waals surface area contributed by atoms with Crippen LogP contribution in [0.1, 0.15) is 11.3 Å². The second-order valence-corrected chi connectivity index (χ2v) is 3.36. The summed E-state index contributed by atoms with van der Waals surface area (Å²) in [4.78, 5) is 4.14. The number of terminal acetylenes is 1. The Morgan fingerprint density at radius 2 is 1.94 bits per heavy atom. The Hall–Kier alpha value is -2.31. The fraction of sp³-hybridized carbons (Fsp3) is 0.0714. The van der Waals surface area contributed by atoms with Crippen LogP contribution in [-0.4, -0.2) is 10.1 Å². The molecule has 3 nitrogen and oxygen atoms in total. The molecule has 0 bridgehead atoms. The van der Waals surface area contributed by atoms with Crippen LogP contribution in [0.2, 0.25) is 0 Å². The van der Waals surface area contributed by atoms with Gasteiger partial charge in [0.25, 0.3) is 0 Å². The zero-order chi connectivity index (χ0) is 12.1. The molecule has 1 aromatic carbocycles. The standard InChI is InChI=1S/C14H11NO2/c1-2-11-8-9-14(15-13(11)10-16)17-12-6-4-3-5-7-12/h1,3-9,16H,10H2. The number of para-hydroxylation sites is 1. The summed E-state index contributed by atoms with van der Waals surface area (Å²) >= 11 is 0. The molecule has 0 saturated heterocycles. The molecule has 0 aliphatic carbocycles. The summed E-state index contributed by atoms with van der Waals surface area (Å²) in [5, 5.41) is 9.13. The lowest BCUT2D eigenvalue weighted by Crippen LogP contribution is -1.97. The molecule has 2 aromatic rings. The molecule has 0 fully saturated rings. The molecule has 0 radical (unpaired) electrons. The van der Waals surface area contributed by atoms with Crippen LogP contribution in [-0.2, 0) is 6.61 Å². The van der Waals surface area contributed by atoms with Gasteiger partial charge in [-0.05, 0) is 18.2 Å². The molecule has 0 amide bonds. The largest absolute Gasteiger partial charge is 0.439 e. The lowest BCUT2D eigenvalue weighted by atomic mass is 10.2. The molecular formula is C14H11NO2. The number of rotatable bonds is 3. The second-order valence-electron chi connectivity index (χ2n) is 3.36. The Balaban J connectivity index is 2.26. The minimum Gasteiger partial charge on any atom is -0.439 e. The SMILES string of the molecule is C#Cc1ccc(Oc2ccccc2)nc1CO. The first-order chi connectivity index (χ1) is 8.33. The summed E-state index contributed by atoms with van der Waals surface area (Å²) < 4.78 is 5.53. The third-order valence-electron chi connectivity index (χ3n) is 2.22. The minimum atomic E-state index is -0.203. The quantitative estimate of drug-likeness (QED) is 0.815. The van der Waals surface area contributed by atoms with Crippen LogP contribution in [0.5, 0.6) is 11.6 Å². The molecule has 0 saturated carbocycles. The van der Waals surface area contributed by atoms with Crippen molar-refractivity contribution in [1.82, 2.24) is 4.98 Å². The van der Waals surface area contributed by atoms with E-state index in [4.69, 9.17) is 16.3 Å². The van der Waals surface area contributed by atoms with Crippen molar-refractivity contribution in [2.75, 3.05) is 0 Å². The summed E-state index contributed by atoms with van der Waals surface area (Å²) in [7, 11) is 0. The zero-order valence-electron chi connectivity index (χ0n) is 9.13. The van der Waals surface area contributed by atoms with Crippen LogP contribution in [0.15, 0.2) is 42.5 Å². The summed E-state index contributed by atoms with van der Waals surface area (Å²) in [6.45, 7) is -0.203. The number of aliphatic hydroxyl groups excluding tert-OH is 1. The molecule has 0 unspecified atom stereocenters. The molecule has 3 heteroatoms. The van der Waals surface area contributed by atoms with Gasteiger partial charge < -0.3 is 9.84 Å². The van der Waals surface area contributed by atoms with Crippen LogP contribution in [0.4, 0.5) is 0 Å². The average molecular weight is 225 g/mol. The number of aromatic nitrogens is 1. The van der Waals surface area contributed by atoms with Crippen LogP contribution >= 0.6 is 0 Å². The minimum absolute atomic E-state index is 0.203. The first-order valence-corrected chi connectivity index (χ1v) is 5.14. The molecular weight excluding hydrogens is 214 g/mol. The van der Waals surface area contributed by atoms with E-state index in [9.17, 15) is 0 Å². The average Bonchev–Trinajstić information content (AvgIpc) is 2.40. The van der Waals surface area contributed by atoms with E-state index < -0.39 is 0 Å². The second kappa shape index (κ2) is 5.15. The van der Waals surface area contributed by atoms with E-state index in [1.54, 1.807) is 12.1 Å². The van der Waals surface area contributed by atoms with Gasteiger partial charge in [0.05, 0.1) is 12.3 Å². The number of pyridine rings is 1. The lowest BCUT2D eigenvalue weighted by molar-refractivity contribution is 0.275. The number of hydrogen-bond donors (Lipinski definition) is 1. The van der Waals surface area contributed by atoms with Crippen LogP contribution < -0.4 is 4.74 Å². The van der Waals surface area contributed by atoms with Crippen molar-refractivity contribution in [2.24, 2.45) is 0 Å². The third kappa shape index (κ3) is 2.63. The molecule has 0 spiro atoms. The zero-order valence-corrected chi connectivity index (χ0v) is 9.13. The molecule has 1 heterocycles. The molecule has 0 aliphatic rings. The van der Waals surface area contributed by atoms with Gasteiger partial charge in [0.2, 0.25) is 5.88 Å². The van der Waals surface area contributed by atoms with Crippen LogP contribution in [0.25, 0.3) is 0 Å². The Kier molecular flexibility index (Phi) is 3.39. The van der Waals surface area contributed by atoms with Crippen molar-refractivity contribution < 1.29 is 9.84 Å². The van der Waals surface area contributed by atoms with E-state index in [1.165, 1.54) is 0 Å². The number of nitrogens with zero attached hydrogens (tertiary/aromatic N) is 1. The van der Waals surface area contributed by atoms with E-state index in [-0.39, 0.29) is 6.61 Å². The normalized spacial score (nSPS) is 9.65. The van der Waals surface area contributed by atoms with Gasteiger partial charge in [-0.15, -0.1) is 6.42 Å². The highest BCUT2D eigenvalue weighted by molar-refractivity contribution is 5.39. The van der Waals surface area contributed by atoms with Crippen LogP contribution in [0, 0.1) is 12.3 Å². The molecule has 1 N–H and O–H groups in total. The number of ether oxygens (including phenoxy) is 1. The predicted molar refractivity (Wildman–Crippen MR) is 64.6 cm³/mol. The molecule has 17 heavy (non-hydrogen) atoms. The van der Waals surface area contributed by atoms with Crippen molar-refractivity contribution in [3.8, 4) is 24.0 Å². The van der Waals surface area contributed by atoms with E-state index >= 15 is 0 Å². The number of hydrogen-bond acceptors (Lipinski definition) is 3. The molecule has 0 atom stereocenters. The van der Waals surface area contributed by atoms with Gasteiger partial charge in [-0.3, -0.25) is 0 Å². The van der Waals surface area contributed by atoms with Crippen LogP contribution in [0.3, 0.4) is 0 Å². The van der Waals surface area contributed by atoms with Gasteiger partial charge in [-0.1, -0.05) is 24.1 Å². The highest BCUT2D eigenvalue weighted by atomic mass is 16.5.